The number of aromatic nitrogens is 2. The third-order valence-corrected chi connectivity index (χ3v) is 11.7. The Morgan fingerprint density at radius 3 is 2.45 bits per heavy atom. The summed E-state index contributed by atoms with van der Waals surface area (Å²) in [5, 5.41) is 1.06. The molecule has 0 saturated heterocycles. The van der Waals surface area contributed by atoms with Crippen molar-refractivity contribution in [3.8, 4) is 39.5 Å². The lowest BCUT2D eigenvalue weighted by atomic mass is 9.80. The molecule has 11 rings (SSSR count). The monoisotopic (exact) mass is 657 g/mol. The van der Waals surface area contributed by atoms with Crippen LogP contribution in [0.5, 0.6) is 5.75 Å². The van der Waals surface area contributed by atoms with Crippen molar-refractivity contribution < 1.29 is 4.74 Å². The Labute approximate surface area is 297 Å². The molecule has 3 heterocycles. The number of hydrogen-bond acceptors (Lipinski definition) is 4. The van der Waals surface area contributed by atoms with Crippen molar-refractivity contribution >= 4 is 22.3 Å². The molecular weight excluding hydrogens is 623 g/mol. The number of hydrogen-bond donors (Lipinski definition) is 0. The molecule has 0 fully saturated rings. The van der Waals surface area contributed by atoms with Gasteiger partial charge in [0.25, 0.3) is 0 Å². The minimum atomic E-state index is -0.203. The molecular formula is C47H35N3O. The van der Waals surface area contributed by atoms with E-state index in [0.29, 0.717) is 5.92 Å². The molecule has 5 aromatic carbocycles. The van der Waals surface area contributed by atoms with Gasteiger partial charge in [-0.15, -0.1) is 0 Å². The Kier molecular flexibility index (Phi) is 5.93. The second kappa shape index (κ2) is 10.5. The number of anilines is 2. The lowest BCUT2D eigenvalue weighted by molar-refractivity contribution is 0.265. The van der Waals surface area contributed by atoms with Gasteiger partial charge in [0.2, 0.25) is 0 Å². The first-order chi connectivity index (χ1) is 25.0. The predicted molar refractivity (Wildman–Crippen MR) is 207 cm³/mol. The number of rotatable bonds is 3. The molecule has 3 unspecified atom stereocenters. The topological polar surface area (TPSA) is 38.2 Å². The van der Waals surface area contributed by atoms with Gasteiger partial charge in [-0.3, -0.25) is 0 Å². The molecule has 0 saturated carbocycles. The molecule has 51 heavy (non-hydrogen) atoms. The maximum atomic E-state index is 6.72. The Morgan fingerprint density at radius 1 is 0.745 bits per heavy atom. The second-order valence-electron chi connectivity index (χ2n) is 14.8. The number of benzene rings is 5. The third kappa shape index (κ3) is 4.08. The zero-order valence-corrected chi connectivity index (χ0v) is 28.5. The summed E-state index contributed by atoms with van der Waals surface area (Å²) >= 11 is 0. The average Bonchev–Trinajstić information content (AvgIpc) is 3.79. The first-order valence-electron chi connectivity index (χ1n) is 18.0. The van der Waals surface area contributed by atoms with E-state index in [-0.39, 0.29) is 17.4 Å². The molecule has 5 aliphatic rings. The van der Waals surface area contributed by atoms with Gasteiger partial charge in [-0.2, -0.15) is 0 Å². The van der Waals surface area contributed by atoms with Gasteiger partial charge >= 0.3 is 0 Å². The Morgan fingerprint density at radius 2 is 1.57 bits per heavy atom. The summed E-state index contributed by atoms with van der Waals surface area (Å²) in [6.07, 6.45) is 16.6. The molecule has 4 nitrogen and oxygen atoms in total. The van der Waals surface area contributed by atoms with Gasteiger partial charge in [0.1, 0.15) is 11.9 Å². The Bertz CT molecular complexity index is 2570. The van der Waals surface area contributed by atoms with Gasteiger partial charge in [0, 0.05) is 56.3 Å². The van der Waals surface area contributed by atoms with Crippen molar-refractivity contribution in [3.63, 3.8) is 0 Å². The molecule has 1 aromatic heterocycles. The number of allylic oxidation sites excluding steroid dienone is 6. The maximum absolute atomic E-state index is 6.72. The fourth-order valence-corrected chi connectivity index (χ4v) is 9.25. The summed E-state index contributed by atoms with van der Waals surface area (Å²) in [6.45, 7) is 4.74. The van der Waals surface area contributed by atoms with E-state index in [1.54, 1.807) is 0 Å². The van der Waals surface area contributed by atoms with E-state index < -0.39 is 0 Å². The number of fused-ring (bicyclic) bond motifs is 11. The van der Waals surface area contributed by atoms with E-state index in [1.807, 2.05) is 12.1 Å². The summed E-state index contributed by atoms with van der Waals surface area (Å²) in [5.74, 6) is 2.41. The first-order valence-corrected chi connectivity index (χ1v) is 18.0. The van der Waals surface area contributed by atoms with Crippen molar-refractivity contribution in [1.29, 1.82) is 0 Å². The fraction of sp³-hybridized carbons (Fsp3) is 0.149. The van der Waals surface area contributed by atoms with E-state index in [1.165, 1.54) is 44.8 Å². The van der Waals surface area contributed by atoms with Crippen LogP contribution < -0.4 is 9.64 Å². The van der Waals surface area contributed by atoms with Gasteiger partial charge in [-0.1, -0.05) is 105 Å². The van der Waals surface area contributed by atoms with Crippen LogP contribution in [-0.4, -0.2) is 16.1 Å². The van der Waals surface area contributed by atoms with Crippen molar-refractivity contribution in [2.75, 3.05) is 4.90 Å². The van der Waals surface area contributed by atoms with Crippen LogP contribution >= 0.6 is 0 Å². The minimum Gasteiger partial charge on any atom is -0.485 e. The molecule has 4 heteroatoms. The van der Waals surface area contributed by atoms with E-state index in [0.717, 1.165) is 51.4 Å². The molecule has 2 aliphatic heterocycles. The Hall–Kier alpha value is -6.00. The second-order valence-corrected chi connectivity index (χ2v) is 14.8. The molecule has 3 aliphatic carbocycles. The summed E-state index contributed by atoms with van der Waals surface area (Å²) in [4.78, 5) is 12.6. The van der Waals surface area contributed by atoms with Gasteiger partial charge in [0.05, 0.1) is 16.9 Å². The van der Waals surface area contributed by atoms with Crippen molar-refractivity contribution in [3.05, 3.63) is 174 Å². The highest BCUT2D eigenvalue weighted by atomic mass is 16.5. The molecule has 0 amide bonds. The normalized spacial score (nSPS) is 21.0. The quantitative estimate of drug-likeness (QED) is 0.190. The van der Waals surface area contributed by atoms with Crippen LogP contribution in [0.2, 0.25) is 0 Å². The van der Waals surface area contributed by atoms with Crippen LogP contribution in [0.3, 0.4) is 0 Å². The average molecular weight is 658 g/mol. The highest BCUT2D eigenvalue weighted by molar-refractivity contribution is 5.94. The zero-order valence-electron chi connectivity index (χ0n) is 28.5. The third-order valence-electron chi connectivity index (χ3n) is 11.7. The van der Waals surface area contributed by atoms with E-state index in [4.69, 9.17) is 14.7 Å². The number of para-hydroxylation sites is 1. The van der Waals surface area contributed by atoms with Gasteiger partial charge in [-0.25, -0.2) is 9.97 Å². The highest BCUT2D eigenvalue weighted by Crippen LogP contribution is 2.60. The van der Waals surface area contributed by atoms with Crippen LogP contribution in [0.25, 0.3) is 44.7 Å². The van der Waals surface area contributed by atoms with Crippen LogP contribution in [0.1, 0.15) is 54.4 Å². The smallest absolute Gasteiger partial charge is 0.160 e. The first kappa shape index (κ1) is 28.8. The SMILES string of the molecule is CC1(C)c2cc3c(cc2-c2ccc4c(c21)OC1C=CC=CC41)C1CC=CC=C1N3c1ccc(-c2nc(-c3ccccc3)c3ccccc3n2)cc1. The molecule has 0 N–H and O–H groups in total. The summed E-state index contributed by atoms with van der Waals surface area (Å²) < 4.78 is 6.72. The summed E-state index contributed by atoms with van der Waals surface area (Å²) in [7, 11) is 0. The van der Waals surface area contributed by atoms with Gasteiger partial charge in [0.15, 0.2) is 5.82 Å². The lowest BCUT2D eigenvalue weighted by Gasteiger charge is -2.27. The van der Waals surface area contributed by atoms with E-state index in [9.17, 15) is 0 Å². The van der Waals surface area contributed by atoms with Crippen LogP contribution in [0.15, 0.2) is 151 Å². The van der Waals surface area contributed by atoms with Crippen molar-refractivity contribution in [2.45, 2.75) is 43.6 Å². The van der Waals surface area contributed by atoms with Crippen LogP contribution in [0.4, 0.5) is 11.4 Å². The standard InChI is InChI=1S/C47H35N3O/c1-47(2)38-27-41-37(26-36(38)33-24-25-34-32-15-8-11-19-42(32)51-45(34)43(33)47)31-14-7-10-18-40(31)50(41)30-22-20-29(21-23-30)46-48-39-17-9-6-16-35(39)44(49-46)28-12-4-3-5-13-28/h3-13,15-27,31-32,42H,14H2,1-2H3. The van der Waals surface area contributed by atoms with Crippen LogP contribution in [-0.2, 0) is 5.41 Å². The Balaban J connectivity index is 1.01. The number of nitrogens with zero attached hydrogens (tertiary/aromatic N) is 3. The molecule has 0 bridgehead atoms. The molecule has 0 radical (unpaired) electrons. The molecule has 0 spiro atoms. The van der Waals surface area contributed by atoms with Crippen LogP contribution in [0, 0.1) is 0 Å². The summed E-state index contributed by atoms with van der Waals surface area (Å²) in [5.41, 5.74) is 15.6. The zero-order chi connectivity index (χ0) is 33.8. The largest absolute Gasteiger partial charge is 0.485 e. The van der Waals surface area contributed by atoms with E-state index in [2.05, 4.69) is 152 Å². The molecule has 244 valence electrons. The van der Waals surface area contributed by atoms with Gasteiger partial charge in [-0.05, 0) is 83.3 Å². The summed E-state index contributed by atoms with van der Waals surface area (Å²) in [6, 6.07) is 37.1. The van der Waals surface area contributed by atoms with Crippen molar-refractivity contribution in [2.24, 2.45) is 0 Å². The minimum absolute atomic E-state index is 0.0751. The number of ether oxygens (including phenoxy) is 1. The van der Waals surface area contributed by atoms with Gasteiger partial charge < -0.3 is 9.64 Å². The highest BCUT2D eigenvalue weighted by Gasteiger charge is 2.46. The molecule has 6 aromatic rings. The predicted octanol–water partition coefficient (Wildman–Crippen LogP) is 11.3. The maximum Gasteiger partial charge on any atom is 0.160 e. The lowest BCUT2D eigenvalue weighted by Crippen LogP contribution is -2.19. The van der Waals surface area contributed by atoms with Crippen molar-refractivity contribution in [1.82, 2.24) is 9.97 Å². The fourth-order valence-electron chi connectivity index (χ4n) is 9.25. The van der Waals surface area contributed by atoms with E-state index >= 15 is 0 Å². The molecule has 3 atom stereocenters.